The second-order valence-electron chi connectivity index (χ2n) is 4.41. The Morgan fingerprint density at radius 1 is 1.43 bits per heavy atom. The van der Waals surface area contributed by atoms with Gasteiger partial charge in [0.15, 0.2) is 11.6 Å². The predicted molar refractivity (Wildman–Crippen MR) is 74.6 cm³/mol. The molecular formula is C14H14FN3O3. The number of hydrogen-bond acceptors (Lipinski definition) is 5. The number of hydrogen-bond donors (Lipinski definition) is 1. The summed E-state index contributed by atoms with van der Waals surface area (Å²) in [6, 6.07) is 6.36. The number of halogens is 1. The Morgan fingerprint density at radius 2 is 2.19 bits per heavy atom. The highest BCUT2D eigenvalue weighted by Gasteiger charge is 2.12. The van der Waals surface area contributed by atoms with E-state index in [4.69, 9.17) is 10.5 Å². The van der Waals surface area contributed by atoms with Crippen molar-refractivity contribution in [1.29, 1.82) is 0 Å². The number of nitro groups is 1. The zero-order chi connectivity index (χ0) is 15.4. The van der Waals surface area contributed by atoms with Crippen LogP contribution in [0.15, 0.2) is 36.5 Å². The molecule has 1 aromatic heterocycles. The third kappa shape index (κ3) is 3.51. The molecule has 110 valence electrons. The quantitative estimate of drug-likeness (QED) is 0.674. The van der Waals surface area contributed by atoms with Crippen molar-refractivity contribution in [2.75, 3.05) is 0 Å². The lowest BCUT2D eigenvalue weighted by Gasteiger charge is -2.10. The summed E-state index contributed by atoms with van der Waals surface area (Å²) < 4.78 is 19.0. The number of nitrogens with zero attached hydrogens (tertiary/aromatic N) is 2. The molecule has 0 aliphatic rings. The zero-order valence-electron chi connectivity index (χ0n) is 11.3. The van der Waals surface area contributed by atoms with Crippen LogP contribution < -0.4 is 10.5 Å². The number of non-ortho nitro benzene ring substituents is 1. The third-order valence-corrected chi connectivity index (χ3v) is 2.93. The number of aromatic nitrogens is 1. The molecule has 1 heterocycles. The van der Waals surface area contributed by atoms with Gasteiger partial charge < -0.3 is 10.5 Å². The third-order valence-electron chi connectivity index (χ3n) is 2.93. The molecule has 0 spiro atoms. The minimum absolute atomic E-state index is 0.102. The van der Waals surface area contributed by atoms with Crippen molar-refractivity contribution >= 4 is 5.69 Å². The first kappa shape index (κ1) is 14.9. The second kappa shape index (κ2) is 6.27. The monoisotopic (exact) mass is 291 g/mol. The van der Waals surface area contributed by atoms with Gasteiger partial charge in [0, 0.05) is 12.1 Å². The van der Waals surface area contributed by atoms with Crippen LogP contribution in [0.3, 0.4) is 0 Å². The Labute approximate surface area is 120 Å². The van der Waals surface area contributed by atoms with E-state index in [0.29, 0.717) is 11.4 Å². The minimum atomic E-state index is -0.807. The van der Waals surface area contributed by atoms with Gasteiger partial charge in [0.1, 0.15) is 5.75 Å². The first-order valence-corrected chi connectivity index (χ1v) is 6.34. The number of nitrogens with two attached hydrogens (primary N) is 1. The van der Waals surface area contributed by atoms with Crippen molar-refractivity contribution in [3.63, 3.8) is 0 Å². The lowest BCUT2D eigenvalue weighted by molar-refractivity contribution is -0.385. The average Bonchev–Trinajstić information content (AvgIpc) is 2.49. The van der Waals surface area contributed by atoms with Crippen molar-refractivity contribution in [2.24, 2.45) is 5.73 Å². The van der Waals surface area contributed by atoms with Crippen molar-refractivity contribution in [3.05, 3.63) is 58.2 Å². The number of nitro benzene ring substituents is 1. The lowest BCUT2D eigenvalue weighted by atomic mass is 10.1. The van der Waals surface area contributed by atoms with Crippen molar-refractivity contribution in [3.8, 4) is 11.5 Å². The van der Waals surface area contributed by atoms with Gasteiger partial charge in [-0.1, -0.05) is 6.92 Å². The summed E-state index contributed by atoms with van der Waals surface area (Å²) >= 11 is 0. The molecule has 0 bridgehead atoms. The normalized spacial score (nSPS) is 12.0. The van der Waals surface area contributed by atoms with Crippen LogP contribution in [0.25, 0.3) is 0 Å². The van der Waals surface area contributed by atoms with Gasteiger partial charge in [-0.3, -0.25) is 15.1 Å². The van der Waals surface area contributed by atoms with E-state index in [2.05, 4.69) is 4.98 Å². The fourth-order valence-corrected chi connectivity index (χ4v) is 1.69. The van der Waals surface area contributed by atoms with Gasteiger partial charge in [0.2, 0.25) is 0 Å². The van der Waals surface area contributed by atoms with Crippen LogP contribution in [0.2, 0.25) is 0 Å². The van der Waals surface area contributed by atoms with Gasteiger partial charge in [-0.05, 0) is 24.6 Å². The standard InChI is InChI=1S/C14H14FN3O3/c1-2-12(16)13-5-4-10(8-17-13)21-14-6-3-9(18(19)20)7-11(14)15/h3-8,12H,2,16H2,1H3/t12-/m1/s1. The highest BCUT2D eigenvalue weighted by atomic mass is 19.1. The van der Waals surface area contributed by atoms with Crippen LogP contribution in [-0.2, 0) is 0 Å². The summed E-state index contributed by atoms with van der Waals surface area (Å²) in [5.74, 6) is -0.580. The summed E-state index contributed by atoms with van der Waals surface area (Å²) in [5.41, 5.74) is 6.22. The Bertz CT molecular complexity index is 646. The van der Waals surface area contributed by atoms with Crippen molar-refractivity contribution < 1.29 is 14.1 Å². The van der Waals surface area contributed by atoms with Crippen LogP contribution in [0.5, 0.6) is 11.5 Å². The Balaban J connectivity index is 2.16. The van der Waals surface area contributed by atoms with E-state index in [-0.39, 0.29) is 17.5 Å². The van der Waals surface area contributed by atoms with E-state index in [9.17, 15) is 14.5 Å². The van der Waals surface area contributed by atoms with E-state index >= 15 is 0 Å². The summed E-state index contributed by atoms with van der Waals surface area (Å²) in [7, 11) is 0. The molecule has 0 amide bonds. The molecule has 21 heavy (non-hydrogen) atoms. The highest BCUT2D eigenvalue weighted by molar-refractivity contribution is 5.39. The average molecular weight is 291 g/mol. The van der Waals surface area contributed by atoms with Crippen LogP contribution in [-0.4, -0.2) is 9.91 Å². The molecule has 0 saturated heterocycles. The Kier molecular flexibility index (Phi) is 4.44. The predicted octanol–water partition coefficient (Wildman–Crippen LogP) is 3.33. The van der Waals surface area contributed by atoms with Crippen LogP contribution >= 0.6 is 0 Å². The molecule has 6 nitrogen and oxygen atoms in total. The largest absolute Gasteiger partial charge is 0.453 e. The number of benzene rings is 1. The Hall–Kier alpha value is -2.54. The zero-order valence-corrected chi connectivity index (χ0v) is 11.3. The van der Waals surface area contributed by atoms with Gasteiger partial charge in [0.05, 0.1) is 22.9 Å². The molecule has 1 atom stereocenters. The molecule has 2 aromatic rings. The van der Waals surface area contributed by atoms with E-state index in [0.717, 1.165) is 12.5 Å². The summed E-state index contributed by atoms with van der Waals surface area (Å²) in [6.45, 7) is 1.95. The molecule has 1 aromatic carbocycles. The molecule has 0 radical (unpaired) electrons. The van der Waals surface area contributed by atoms with Crippen molar-refractivity contribution in [1.82, 2.24) is 4.98 Å². The van der Waals surface area contributed by atoms with Crippen LogP contribution in [0, 0.1) is 15.9 Å². The molecule has 0 aliphatic carbocycles. The lowest BCUT2D eigenvalue weighted by Crippen LogP contribution is -2.10. The van der Waals surface area contributed by atoms with Gasteiger partial charge in [-0.25, -0.2) is 4.39 Å². The van der Waals surface area contributed by atoms with Crippen molar-refractivity contribution in [2.45, 2.75) is 19.4 Å². The molecule has 0 fully saturated rings. The van der Waals surface area contributed by atoms with Gasteiger partial charge in [-0.2, -0.15) is 0 Å². The maximum absolute atomic E-state index is 13.7. The topological polar surface area (TPSA) is 91.3 Å². The first-order valence-electron chi connectivity index (χ1n) is 6.34. The Morgan fingerprint density at radius 3 is 2.71 bits per heavy atom. The fourth-order valence-electron chi connectivity index (χ4n) is 1.69. The highest BCUT2D eigenvalue weighted by Crippen LogP contribution is 2.27. The summed E-state index contributed by atoms with van der Waals surface area (Å²) in [5, 5.41) is 10.5. The van der Waals surface area contributed by atoms with Crippen LogP contribution in [0.1, 0.15) is 25.1 Å². The number of rotatable bonds is 5. The maximum Gasteiger partial charge on any atom is 0.272 e. The van der Waals surface area contributed by atoms with E-state index in [1.807, 2.05) is 6.92 Å². The van der Waals surface area contributed by atoms with Gasteiger partial charge >= 0.3 is 0 Å². The number of ether oxygens (including phenoxy) is 1. The maximum atomic E-state index is 13.7. The second-order valence-corrected chi connectivity index (χ2v) is 4.41. The minimum Gasteiger partial charge on any atom is -0.453 e. The molecule has 0 saturated carbocycles. The van der Waals surface area contributed by atoms with E-state index in [1.165, 1.54) is 18.3 Å². The smallest absolute Gasteiger partial charge is 0.272 e. The molecule has 2 rings (SSSR count). The molecule has 0 unspecified atom stereocenters. The molecule has 2 N–H and O–H groups in total. The first-order chi connectivity index (χ1) is 10.0. The fraction of sp³-hybridized carbons (Fsp3) is 0.214. The molecular weight excluding hydrogens is 277 g/mol. The van der Waals surface area contributed by atoms with E-state index in [1.54, 1.807) is 12.1 Å². The van der Waals surface area contributed by atoms with Gasteiger partial charge in [0.25, 0.3) is 5.69 Å². The van der Waals surface area contributed by atoms with E-state index < -0.39 is 10.7 Å². The molecule has 7 heteroatoms. The SMILES string of the molecule is CC[C@@H](N)c1ccc(Oc2ccc([N+](=O)[O-])cc2F)cn1. The summed E-state index contributed by atoms with van der Waals surface area (Å²) in [6.07, 6.45) is 2.19. The summed E-state index contributed by atoms with van der Waals surface area (Å²) in [4.78, 5) is 14.0. The van der Waals surface area contributed by atoms with Gasteiger partial charge in [-0.15, -0.1) is 0 Å². The number of pyridine rings is 1. The van der Waals surface area contributed by atoms with Crippen LogP contribution in [0.4, 0.5) is 10.1 Å². The molecule has 0 aliphatic heterocycles.